The lowest BCUT2D eigenvalue weighted by Gasteiger charge is -2.42. The van der Waals surface area contributed by atoms with Crippen LogP contribution in [0.3, 0.4) is 0 Å². The maximum Gasteiger partial charge on any atom is 0.224 e. The van der Waals surface area contributed by atoms with Gasteiger partial charge in [-0.15, -0.1) is 0 Å². The second kappa shape index (κ2) is 8.05. The third-order valence-electron chi connectivity index (χ3n) is 6.17. The van der Waals surface area contributed by atoms with Gasteiger partial charge in [-0.1, -0.05) is 18.2 Å². The predicted octanol–water partition coefficient (Wildman–Crippen LogP) is 2.78. The molecule has 4 nitrogen and oxygen atoms in total. The van der Waals surface area contributed by atoms with Crippen LogP contribution in [-0.2, 0) is 11.3 Å². The third kappa shape index (κ3) is 4.44. The molecule has 0 unspecified atom stereocenters. The maximum absolute atomic E-state index is 13.9. The number of nitrogens with zero attached hydrogens (tertiary/aromatic N) is 2. The lowest BCUT2D eigenvalue weighted by molar-refractivity contribution is -0.127. The molecule has 4 rings (SSSR count). The van der Waals surface area contributed by atoms with Crippen LogP contribution in [0, 0.1) is 11.7 Å². The minimum absolute atomic E-state index is 0.102. The summed E-state index contributed by atoms with van der Waals surface area (Å²) in [5.74, 6) is 0.338. The third-order valence-corrected chi connectivity index (χ3v) is 6.17. The summed E-state index contributed by atoms with van der Waals surface area (Å²) in [7, 11) is 0. The summed E-state index contributed by atoms with van der Waals surface area (Å²) in [4.78, 5) is 17.3. The fourth-order valence-electron chi connectivity index (χ4n) is 4.41. The van der Waals surface area contributed by atoms with E-state index >= 15 is 0 Å². The first-order valence-corrected chi connectivity index (χ1v) is 10.2. The topological polar surface area (TPSA) is 35.6 Å². The second-order valence-electron chi connectivity index (χ2n) is 8.22. The summed E-state index contributed by atoms with van der Waals surface area (Å²) in [6, 6.07) is 8.11. The van der Waals surface area contributed by atoms with Crippen LogP contribution in [-0.4, -0.2) is 54.0 Å². The average molecular weight is 359 g/mol. The number of hydrogen-bond donors (Lipinski definition) is 1. The number of likely N-dealkylation sites (tertiary alicyclic amines) is 2. The molecular weight excluding hydrogens is 329 g/mol. The molecule has 0 spiro atoms. The van der Waals surface area contributed by atoms with E-state index < -0.39 is 0 Å². The van der Waals surface area contributed by atoms with E-state index in [-0.39, 0.29) is 17.6 Å². The normalized spacial score (nSPS) is 26.0. The van der Waals surface area contributed by atoms with E-state index in [9.17, 15) is 9.18 Å². The standard InChI is InChI=1S/C21H30FN3O/c22-20-6-2-1-4-16(20)14-24-12-9-19(10-13-24)25-11-3-5-17(15-25)21(26)23-18-7-8-18/h1-2,4,6,17-19H,3,5,7-15H2,(H,23,26)/t17-/m1/s1. The Labute approximate surface area is 155 Å². The van der Waals surface area contributed by atoms with Crippen molar-refractivity contribution < 1.29 is 9.18 Å². The SMILES string of the molecule is O=C(NC1CC1)[C@@H]1CCCN(C2CCN(Cc3ccccc3F)CC2)C1. The van der Waals surface area contributed by atoms with Crippen molar-refractivity contribution in [1.82, 2.24) is 15.1 Å². The molecule has 3 aliphatic rings. The number of hydrogen-bond acceptors (Lipinski definition) is 3. The van der Waals surface area contributed by atoms with Gasteiger partial charge in [0.2, 0.25) is 5.91 Å². The van der Waals surface area contributed by atoms with E-state index in [1.54, 1.807) is 12.1 Å². The number of amides is 1. The van der Waals surface area contributed by atoms with E-state index in [1.807, 2.05) is 12.1 Å². The first kappa shape index (κ1) is 17.9. The van der Waals surface area contributed by atoms with Gasteiger partial charge in [0.15, 0.2) is 0 Å². The first-order valence-electron chi connectivity index (χ1n) is 10.2. The molecule has 1 saturated carbocycles. The first-order chi connectivity index (χ1) is 12.7. The minimum atomic E-state index is -0.102. The van der Waals surface area contributed by atoms with Gasteiger partial charge in [-0.05, 0) is 64.2 Å². The van der Waals surface area contributed by atoms with Gasteiger partial charge < -0.3 is 5.32 Å². The van der Waals surface area contributed by atoms with Gasteiger partial charge in [-0.3, -0.25) is 14.6 Å². The van der Waals surface area contributed by atoms with Crippen molar-refractivity contribution in [2.24, 2.45) is 5.92 Å². The average Bonchev–Trinajstić information content (AvgIpc) is 3.48. The highest BCUT2D eigenvalue weighted by molar-refractivity contribution is 5.79. The molecule has 2 heterocycles. The highest BCUT2D eigenvalue weighted by atomic mass is 19.1. The molecule has 1 aromatic carbocycles. The number of halogens is 1. The van der Waals surface area contributed by atoms with E-state index in [0.29, 0.717) is 18.6 Å². The van der Waals surface area contributed by atoms with E-state index in [4.69, 9.17) is 0 Å². The van der Waals surface area contributed by atoms with Crippen LogP contribution in [0.15, 0.2) is 24.3 Å². The molecule has 1 aliphatic carbocycles. The maximum atomic E-state index is 13.9. The Morgan fingerprint density at radius 2 is 1.85 bits per heavy atom. The molecule has 3 fully saturated rings. The molecule has 2 saturated heterocycles. The summed E-state index contributed by atoms with van der Waals surface area (Å²) >= 11 is 0. The van der Waals surface area contributed by atoms with Crippen molar-refractivity contribution in [2.75, 3.05) is 26.2 Å². The van der Waals surface area contributed by atoms with Crippen LogP contribution in [0.2, 0.25) is 0 Å². The Kier molecular flexibility index (Phi) is 5.55. The quantitative estimate of drug-likeness (QED) is 0.878. The zero-order chi connectivity index (χ0) is 17.9. The highest BCUT2D eigenvalue weighted by Crippen LogP contribution is 2.26. The van der Waals surface area contributed by atoms with Crippen LogP contribution in [0.1, 0.15) is 44.1 Å². The van der Waals surface area contributed by atoms with Gasteiger partial charge in [0, 0.05) is 30.7 Å². The molecule has 1 aromatic rings. The molecule has 0 bridgehead atoms. The molecule has 1 N–H and O–H groups in total. The van der Waals surface area contributed by atoms with Crippen molar-refractivity contribution in [2.45, 2.75) is 57.2 Å². The zero-order valence-electron chi connectivity index (χ0n) is 15.5. The molecule has 1 atom stereocenters. The molecule has 0 radical (unpaired) electrons. The van der Waals surface area contributed by atoms with Gasteiger partial charge in [-0.2, -0.15) is 0 Å². The van der Waals surface area contributed by atoms with Crippen molar-refractivity contribution in [3.63, 3.8) is 0 Å². The molecule has 0 aromatic heterocycles. The second-order valence-corrected chi connectivity index (χ2v) is 8.22. The Morgan fingerprint density at radius 1 is 1.08 bits per heavy atom. The van der Waals surface area contributed by atoms with Crippen LogP contribution >= 0.6 is 0 Å². The predicted molar refractivity (Wildman–Crippen MR) is 100 cm³/mol. The largest absolute Gasteiger partial charge is 0.353 e. The van der Waals surface area contributed by atoms with Crippen LogP contribution in [0.5, 0.6) is 0 Å². The number of benzene rings is 1. The molecular formula is C21H30FN3O. The van der Waals surface area contributed by atoms with E-state index in [1.165, 1.54) is 0 Å². The van der Waals surface area contributed by atoms with Crippen LogP contribution < -0.4 is 5.32 Å². The Hall–Kier alpha value is -1.46. The number of carbonyl (C=O) groups is 1. The summed E-state index contributed by atoms with van der Waals surface area (Å²) in [6.07, 6.45) is 6.70. The van der Waals surface area contributed by atoms with Crippen LogP contribution in [0.25, 0.3) is 0 Å². The zero-order valence-corrected chi connectivity index (χ0v) is 15.5. The summed E-state index contributed by atoms with van der Waals surface area (Å²) in [6.45, 7) is 4.75. The van der Waals surface area contributed by atoms with E-state index in [0.717, 1.165) is 70.3 Å². The van der Waals surface area contributed by atoms with Gasteiger partial charge in [-0.25, -0.2) is 4.39 Å². The van der Waals surface area contributed by atoms with Crippen molar-refractivity contribution in [3.8, 4) is 0 Å². The molecule has 5 heteroatoms. The van der Waals surface area contributed by atoms with Gasteiger partial charge in [0.1, 0.15) is 5.82 Å². The Morgan fingerprint density at radius 3 is 2.58 bits per heavy atom. The molecule has 2 aliphatic heterocycles. The number of piperidine rings is 2. The molecule has 1 amide bonds. The van der Waals surface area contributed by atoms with Gasteiger partial charge in [0.25, 0.3) is 0 Å². The van der Waals surface area contributed by atoms with Crippen LogP contribution in [0.4, 0.5) is 4.39 Å². The van der Waals surface area contributed by atoms with Crippen molar-refractivity contribution in [1.29, 1.82) is 0 Å². The van der Waals surface area contributed by atoms with E-state index in [2.05, 4.69) is 15.1 Å². The summed E-state index contributed by atoms with van der Waals surface area (Å²) in [5.41, 5.74) is 0.792. The monoisotopic (exact) mass is 359 g/mol. The minimum Gasteiger partial charge on any atom is -0.353 e. The Bertz CT molecular complexity index is 625. The smallest absolute Gasteiger partial charge is 0.224 e. The lowest BCUT2D eigenvalue weighted by atomic mass is 9.93. The number of rotatable bonds is 5. The summed E-state index contributed by atoms with van der Waals surface area (Å²) in [5, 5.41) is 3.18. The van der Waals surface area contributed by atoms with Crippen molar-refractivity contribution >= 4 is 5.91 Å². The summed E-state index contributed by atoms with van der Waals surface area (Å²) < 4.78 is 13.9. The Balaban J connectivity index is 1.26. The van der Waals surface area contributed by atoms with Crippen molar-refractivity contribution in [3.05, 3.63) is 35.6 Å². The molecule has 142 valence electrons. The van der Waals surface area contributed by atoms with Gasteiger partial charge >= 0.3 is 0 Å². The number of nitrogens with one attached hydrogen (secondary N) is 1. The fourth-order valence-corrected chi connectivity index (χ4v) is 4.41. The molecule has 26 heavy (non-hydrogen) atoms. The number of carbonyl (C=O) groups excluding carboxylic acids is 1. The van der Waals surface area contributed by atoms with Gasteiger partial charge in [0.05, 0.1) is 5.92 Å². The lowest BCUT2D eigenvalue weighted by Crippen LogP contribution is -2.50. The highest BCUT2D eigenvalue weighted by Gasteiger charge is 2.33. The fraction of sp³-hybridized carbons (Fsp3) is 0.667.